The van der Waals surface area contributed by atoms with Crippen LogP contribution >= 0.6 is 11.6 Å². The fraction of sp³-hybridized carbons (Fsp3) is 0.600. The van der Waals surface area contributed by atoms with E-state index in [4.69, 9.17) is 21.3 Å². The summed E-state index contributed by atoms with van der Waals surface area (Å²) in [5, 5.41) is 9.56. The number of benzene rings is 1. The fourth-order valence-corrected chi connectivity index (χ4v) is 5.21. The van der Waals surface area contributed by atoms with Crippen LogP contribution in [-0.4, -0.2) is 26.4 Å². The maximum atomic E-state index is 13.3. The third-order valence-electron chi connectivity index (χ3n) is 6.40. The normalized spacial score (nSPS) is 24.8. The maximum absolute atomic E-state index is 13.3. The quantitative estimate of drug-likeness (QED) is 0.673. The van der Waals surface area contributed by atoms with Crippen LogP contribution in [0.2, 0.25) is 23.2 Å². The number of nitriles is 1. The van der Waals surface area contributed by atoms with Crippen LogP contribution in [0, 0.1) is 16.7 Å². The molecule has 1 amide bonds. The summed E-state index contributed by atoms with van der Waals surface area (Å²) in [5.74, 6) is 0.134. The molecule has 2 unspecified atom stereocenters. The minimum Gasteiger partial charge on any atom is -0.411 e. The zero-order valence-corrected chi connectivity index (χ0v) is 18.1. The Bertz CT molecular complexity index is 790. The van der Waals surface area contributed by atoms with Gasteiger partial charge in [-0.2, -0.15) is 5.26 Å². The summed E-state index contributed by atoms with van der Waals surface area (Å²) in [5.41, 5.74) is 0.791. The minimum absolute atomic E-state index is 0.0527. The molecule has 1 saturated carbocycles. The Morgan fingerprint density at radius 3 is 2.42 bits per heavy atom. The molecule has 6 heteroatoms. The number of anilines is 1. The molecule has 2 fully saturated rings. The van der Waals surface area contributed by atoms with E-state index >= 15 is 0 Å². The van der Waals surface area contributed by atoms with Crippen LogP contribution < -0.4 is 4.90 Å². The zero-order valence-electron chi connectivity index (χ0n) is 16.4. The van der Waals surface area contributed by atoms with Gasteiger partial charge in [-0.05, 0) is 56.1 Å². The number of carbonyl (C=O) groups is 1. The van der Waals surface area contributed by atoms with Gasteiger partial charge in [-0.25, -0.2) is 0 Å². The summed E-state index contributed by atoms with van der Waals surface area (Å²) in [6, 6.07) is 7.22. The van der Waals surface area contributed by atoms with Gasteiger partial charge < -0.3 is 9.33 Å². The van der Waals surface area contributed by atoms with Crippen molar-refractivity contribution in [2.45, 2.75) is 70.8 Å². The summed E-state index contributed by atoms with van der Waals surface area (Å²) in [6.45, 7) is 13.2. The lowest BCUT2D eigenvalue weighted by atomic mass is 9.99. The molecule has 1 aliphatic carbocycles. The highest BCUT2D eigenvalue weighted by molar-refractivity contribution is 6.74. The standard InChI is InChI=1S/C20H27ClN2O2Si/c1-13-17(25-26(5,6)19(2,3)4)20(9-10-20)18(24)23(13)15-8-7-14(12-22)16(21)11-15/h7-8,11,13,17H,9-10H2,1-6H3. The van der Waals surface area contributed by atoms with Crippen LogP contribution in [0.25, 0.3) is 0 Å². The van der Waals surface area contributed by atoms with Gasteiger partial charge in [0.05, 0.1) is 28.1 Å². The molecule has 1 aromatic carbocycles. The second-order valence-corrected chi connectivity index (χ2v) is 14.3. The summed E-state index contributed by atoms with van der Waals surface area (Å²) in [4.78, 5) is 15.1. The molecule has 1 spiro atoms. The predicted molar refractivity (Wildman–Crippen MR) is 107 cm³/mol. The highest BCUT2D eigenvalue weighted by Gasteiger charge is 2.67. The Kier molecular flexibility index (Phi) is 4.54. The van der Waals surface area contributed by atoms with Gasteiger partial charge in [0.25, 0.3) is 0 Å². The number of nitrogens with zero attached hydrogens (tertiary/aromatic N) is 2. The van der Waals surface area contributed by atoms with E-state index in [0.29, 0.717) is 10.6 Å². The molecule has 26 heavy (non-hydrogen) atoms. The number of amides is 1. The van der Waals surface area contributed by atoms with Crippen molar-refractivity contribution >= 4 is 31.5 Å². The summed E-state index contributed by atoms with van der Waals surface area (Å²) < 4.78 is 6.74. The molecule has 3 rings (SSSR count). The fourth-order valence-electron chi connectivity index (χ4n) is 3.58. The molecule has 1 aliphatic heterocycles. The van der Waals surface area contributed by atoms with Crippen molar-refractivity contribution in [3.05, 3.63) is 28.8 Å². The first-order chi connectivity index (χ1) is 11.9. The van der Waals surface area contributed by atoms with E-state index in [1.807, 2.05) is 11.0 Å². The average Bonchev–Trinajstić information content (AvgIpc) is 3.30. The molecule has 0 bridgehead atoms. The number of hydrogen-bond acceptors (Lipinski definition) is 3. The monoisotopic (exact) mass is 390 g/mol. The Labute approximate surface area is 162 Å². The van der Waals surface area contributed by atoms with Gasteiger partial charge in [0.1, 0.15) is 6.07 Å². The first-order valence-corrected chi connectivity index (χ1v) is 12.4. The van der Waals surface area contributed by atoms with Crippen molar-refractivity contribution in [3.8, 4) is 6.07 Å². The lowest BCUT2D eigenvalue weighted by Gasteiger charge is -2.40. The van der Waals surface area contributed by atoms with E-state index in [9.17, 15) is 4.79 Å². The van der Waals surface area contributed by atoms with Gasteiger partial charge in [-0.1, -0.05) is 32.4 Å². The maximum Gasteiger partial charge on any atom is 0.236 e. The average molecular weight is 391 g/mol. The largest absolute Gasteiger partial charge is 0.411 e. The van der Waals surface area contributed by atoms with E-state index in [-0.39, 0.29) is 28.5 Å². The number of halogens is 1. The molecule has 0 N–H and O–H groups in total. The van der Waals surface area contributed by atoms with Crippen LogP contribution in [0.4, 0.5) is 5.69 Å². The molecule has 1 aromatic rings. The summed E-state index contributed by atoms with van der Waals surface area (Å²) in [6.07, 6.45) is 1.68. The lowest BCUT2D eigenvalue weighted by Crippen LogP contribution is -2.48. The smallest absolute Gasteiger partial charge is 0.236 e. The SMILES string of the molecule is CC1C(O[Si](C)(C)C(C)(C)C)C2(CC2)C(=O)N1c1ccc(C#N)c(Cl)c1. The van der Waals surface area contributed by atoms with Crippen molar-refractivity contribution in [1.82, 2.24) is 0 Å². The van der Waals surface area contributed by atoms with Crippen LogP contribution in [0.1, 0.15) is 46.1 Å². The van der Waals surface area contributed by atoms with Gasteiger partial charge >= 0.3 is 0 Å². The molecular formula is C20H27ClN2O2Si. The summed E-state index contributed by atoms with van der Waals surface area (Å²) >= 11 is 6.21. The molecule has 2 aliphatic rings. The van der Waals surface area contributed by atoms with E-state index in [1.54, 1.807) is 12.1 Å². The lowest BCUT2D eigenvalue weighted by molar-refractivity contribution is -0.123. The number of hydrogen-bond donors (Lipinski definition) is 0. The Balaban J connectivity index is 1.95. The highest BCUT2D eigenvalue weighted by atomic mass is 35.5. The van der Waals surface area contributed by atoms with Crippen molar-refractivity contribution in [3.63, 3.8) is 0 Å². The van der Waals surface area contributed by atoms with Crippen molar-refractivity contribution in [1.29, 1.82) is 5.26 Å². The third-order valence-corrected chi connectivity index (χ3v) is 11.2. The van der Waals surface area contributed by atoms with E-state index in [2.05, 4.69) is 46.9 Å². The number of rotatable bonds is 3. The Morgan fingerprint density at radius 2 is 1.96 bits per heavy atom. The zero-order chi connectivity index (χ0) is 19.5. The van der Waals surface area contributed by atoms with Gasteiger partial charge in [0, 0.05) is 5.69 Å². The van der Waals surface area contributed by atoms with Crippen LogP contribution in [0.5, 0.6) is 0 Å². The van der Waals surface area contributed by atoms with Crippen LogP contribution in [0.15, 0.2) is 18.2 Å². The second-order valence-electron chi connectivity index (χ2n) is 9.15. The van der Waals surface area contributed by atoms with Gasteiger partial charge in [-0.15, -0.1) is 0 Å². The molecule has 1 heterocycles. The van der Waals surface area contributed by atoms with E-state index in [0.717, 1.165) is 18.5 Å². The van der Waals surface area contributed by atoms with Crippen LogP contribution in [0.3, 0.4) is 0 Å². The third kappa shape index (κ3) is 2.89. The van der Waals surface area contributed by atoms with Gasteiger partial charge in [0.15, 0.2) is 8.32 Å². The molecule has 140 valence electrons. The van der Waals surface area contributed by atoms with Gasteiger partial charge in [-0.3, -0.25) is 4.79 Å². The molecular weight excluding hydrogens is 364 g/mol. The van der Waals surface area contributed by atoms with Crippen molar-refractivity contribution in [2.75, 3.05) is 4.90 Å². The molecule has 0 radical (unpaired) electrons. The molecule has 1 saturated heterocycles. The van der Waals surface area contributed by atoms with Crippen molar-refractivity contribution in [2.24, 2.45) is 5.41 Å². The van der Waals surface area contributed by atoms with E-state index in [1.165, 1.54) is 0 Å². The first-order valence-electron chi connectivity index (χ1n) is 9.16. The second kappa shape index (κ2) is 6.08. The predicted octanol–water partition coefficient (Wildman–Crippen LogP) is 5.12. The molecule has 2 atom stereocenters. The van der Waals surface area contributed by atoms with Crippen molar-refractivity contribution < 1.29 is 9.22 Å². The minimum atomic E-state index is -1.99. The Morgan fingerprint density at radius 1 is 1.35 bits per heavy atom. The molecule has 0 aromatic heterocycles. The topological polar surface area (TPSA) is 53.3 Å². The molecule has 4 nitrogen and oxygen atoms in total. The number of carbonyl (C=O) groups excluding carboxylic acids is 1. The van der Waals surface area contributed by atoms with Gasteiger partial charge in [0.2, 0.25) is 5.91 Å². The summed E-state index contributed by atoms with van der Waals surface area (Å²) in [7, 11) is -1.99. The van der Waals surface area contributed by atoms with E-state index < -0.39 is 8.32 Å². The van der Waals surface area contributed by atoms with Crippen LogP contribution in [-0.2, 0) is 9.22 Å². The first kappa shape index (κ1) is 19.4. The highest BCUT2D eigenvalue weighted by Crippen LogP contribution is 2.59. The Hall–Kier alpha value is -1.35.